The van der Waals surface area contributed by atoms with Gasteiger partial charge in [0.05, 0.1) is 5.75 Å². The Kier molecular flexibility index (Phi) is 7.86. The molecule has 0 aromatic heterocycles. The molecule has 7 heteroatoms. The first-order valence-corrected chi connectivity index (χ1v) is 4.82. The Morgan fingerprint density at radius 3 is 2.31 bits per heavy atom. The summed E-state index contributed by atoms with van der Waals surface area (Å²) in [5.41, 5.74) is 0.297. The van der Waals surface area contributed by atoms with Crippen molar-refractivity contribution >= 4 is 45.6 Å². The monoisotopic (exact) mass is 216 g/mol. The van der Waals surface area contributed by atoms with Crippen LogP contribution in [-0.2, 0) is 14.9 Å². The normalized spacial score (nSPS) is 10.0. The van der Waals surface area contributed by atoms with Crippen LogP contribution in [0, 0.1) is 0 Å². The van der Waals surface area contributed by atoms with Gasteiger partial charge in [0.25, 0.3) is 10.1 Å². The van der Waals surface area contributed by atoms with Gasteiger partial charge in [0.1, 0.15) is 0 Å². The van der Waals surface area contributed by atoms with Crippen molar-refractivity contribution in [3.63, 3.8) is 0 Å². The zero-order valence-electron chi connectivity index (χ0n) is 7.70. The molecule has 0 heterocycles. The zero-order chi connectivity index (χ0) is 9.78. The molecule has 0 aliphatic heterocycles. The van der Waals surface area contributed by atoms with Crippen LogP contribution in [0.25, 0.3) is 0 Å². The summed E-state index contributed by atoms with van der Waals surface area (Å²) >= 11 is 0. The SMILES string of the molecule is C=C(C)C(=O)NCCS(=O)(=O)O.[Na]. The van der Waals surface area contributed by atoms with Crippen molar-refractivity contribution in [1.82, 2.24) is 5.32 Å². The van der Waals surface area contributed by atoms with E-state index in [0.717, 1.165) is 0 Å². The van der Waals surface area contributed by atoms with Gasteiger partial charge in [-0.2, -0.15) is 8.42 Å². The summed E-state index contributed by atoms with van der Waals surface area (Å²) in [4.78, 5) is 10.7. The molecule has 0 aliphatic rings. The third-order valence-corrected chi connectivity index (χ3v) is 1.75. The van der Waals surface area contributed by atoms with Gasteiger partial charge in [0.2, 0.25) is 5.91 Å². The van der Waals surface area contributed by atoms with Gasteiger partial charge in [-0.25, -0.2) is 0 Å². The van der Waals surface area contributed by atoms with Crippen molar-refractivity contribution in [2.45, 2.75) is 6.92 Å². The van der Waals surface area contributed by atoms with Crippen molar-refractivity contribution in [3.05, 3.63) is 12.2 Å². The van der Waals surface area contributed by atoms with E-state index in [9.17, 15) is 13.2 Å². The summed E-state index contributed by atoms with van der Waals surface area (Å²) in [6, 6.07) is 0. The van der Waals surface area contributed by atoms with Crippen LogP contribution in [0.1, 0.15) is 6.92 Å². The predicted molar refractivity (Wildman–Crippen MR) is 50.0 cm³/mol. The van der Waals surface area contributed by atoms with Crippen molar-refractivity contribution < 1.29 is 17.8 Å². The van der Waals surface area contributed by atoms with Crippen molar-refractivity contribution in [2.24, 2.45) is 0 Å². The first-order valence-electron chi connectivity index (χ1n) is 3.22. The van der Waals surface area contributed by atoms with Gasteiger partial charge in [-0.05, 0) is 6.92 Å². The second-order valence-corrected chi connectivity index (χ2v) is 3.89. The van der Waals surface area contributed by atoms with Gasteiger partial charge < -0.3 is 5.32 Å². The molecule has 0 unspecified atom stereocenters. The molecule has 0 saturated heterocycles. The summed E-state index contributed by atoms with van der Waals surface area (Å²) in [6.07, 6.45) is 0. The molecule has 13 heavy (non-hydrogen) atoms. The van der Waals surface area contributed by atoms with E-state index in [-0.39, 0.29) is 36.1 Å². The van der Waals surface area contributed by atoms with Crippen LogP contribution in [0.5, 0.6) is 0 Å². The van der Waals surface area contributed by atoms with Gasteiger partial charge in [-0.1, -0.05) is 6.58 Å². The largest absolute Gasteiger partial charge is 0.351 e. The molecule has 0 fully saturated rings. The first-order chi connectivity index (χ1) is 5.33. The molecular weight excluding hydrogens is 205 g/mol. The second kappa shape index (κ2) is 6.56. The smallest absolute Gasteiger partial charge is 0.266 e. The molecule has 0 aliphatic carbocycles. The summed E-state index contributed by atoms with van der Waals surface area (Å²) < 4.78 is 28.6. The Morgan fingerprint density at radius 2 is 2.00 bits per heavy atom. The fourth-order valence-corrected chi connectivity index (χ4v) is 0.804. The minimum absolute atomic E-state index is 0. The maximum absolute atomic E-state index is 10.7. The number of carbonyl (C=O) groups excluding carboxylic acids is 1. The molecule has 71 valence electrons. The van der Waals surface area contributed by atoms with E-state index in [1.54, 1.807) is 0 Å². The van der Waals surface area contributed by atoms with E-state index >= 15 is 0 Å². The number of amides is 1. The molecule has 0 bridgehead atoms. The average Bonchev–Trinajstić information content (AvgIpc) is 1.84. The van der Waals surface area contributed by atoms with E-state index in [1.807, 2.05) is 0 Å². The Labute approximate surface area is 99.6 Å². The van der Waals surface area contributed by atoms with Crippen LogP contribution in [-0.4, -0.2) is 60.7 Å². The fraction of sp³-hybridized carbons (Fsp3) is 0.500. The summed E-state index contributed by atoms with van der Waals surface area (Å²) in [5.74, 6) is -0.898. The van der Waals surface area contributed by atoms with E-state index in [4.69, 9.17) is 4.55 Å². The number of rotatable bonds is 4. The quantitative estimate of drug-likeness (QED) is 0.365. The molecule has 2 N–H and O–H groups in total. The van der Waals surface area contributed by atoms with Crippen LogP contribution in [0.2, 0.25) is 0 Å². The predicted octanol–water partition coefficient (Wildman–Crippen LogP) is -0.814. The molecule has 0 rings (SSSR count). The molecule has 5 nitrogen and oxygen atoms in total. The van der Waals surface area contributed by atoms with Crippen LogP contribution in [0.3, 0.4) is 0 Å². The summed E-state index contributed by atoms with van der Waals surface area (Å²) in [6.45, 7) is 4.74. The van der Waals surface area contributed by atoms with Gasteiger partial charge in [-0.3, -0.25) is 9.35 Å². The first kappa shape index (κ1) is 15.6. The van der Waals surface area contributed by atoms with Gasteiger partial charge in [-0.15, -0.1) is 0 Å². The Morgan fingerprint density at radius 1 is 1.54 bits per heavy atom. The Balaban J connectivity index is 0. The maximum atomic E-state index is 10.7. The minimum Gasteiger partial charge on any atom is -0.351 e. The van der Waals surface area contributed by atoms with Crippen LogP contribution in [0.15, 0.2) is 12.2 Å². The van der Waals surface area contributed by atoms with Gasteiger partial charge in [0, 0.05) is 41.7 Å². The van der Waals surface area contributed by atoms with Gasteiger partial charge in [0.15, 0.2) is 0 Å². The molecule has 0 aromatic rings. The molecule has 1 amide bonds. The zero-order valence-corrected chi connectivity index (χ0v) is 10.5. The van der Waals surface area contributed by atoms with Gasteiger partial charge >= 0.3 is 0 Å². The summed E-state index contributed by atoms with van der Waals surface area (Å²) in [5, 5.41) is 2.26. The molecule has 0 spiro atoms. The number of hydrogen-bond donors (Lipinski definition) is 2. The molecule has 0 aromatic carbocycles. The Hall–Kier alpha value is 0.120. The second-order valence-electron chi connectivity index (χ2n) is 2.32. The Bertz CT molecular complexity index is 285. The fourth-order valence-electron chi connectivity index (χ4n) is 0.444. The van der Waals surface area contributed by atoms with E-state index in [2.05, 4.69) is 11.9 Å². The van der Waals surface area contributed by atoms with E-state index in [1.165, 1.54) is 6.92 Å². The minimum atomic E-state index is -3.99. The standard InChI is InChI=1S/C6H11NO4S.Na/c1-5(2)6(8)7-3-4-12(9,10)11;/h1,3-4H2,2H3,(H,7,8)(H,9,10,11);. The number of nitrogens with one attached hydrogen (secondary N) is 1. The van der Waals surface area contributed by atoms with Crippen molar-refractivity contribution in [2.75, 3.05) is 12.3 Å². The third kappa shape index (κ3) is 10.0. The van der Waals surface area contributed by atoms with E-state index < -0.39 is 21.8 Å². The molecule has 0 saturated carbocycles. The van der Waals surface area contributed by atoms with E-state index in [0.29, 0.717) is 5.57 Å². The molecule has 0 atom stereocenters. The van der Waals surface area contributed by atoms with Crippen LogP contribution in [0.4, 0.5) is 0 Å². The molecule has 1 radical (unpaired) electrons. The summed E-state index contributed by atoms with van der Waals surface area (Å²) in [7, 11) is -3.99. The van der Waals surface area contributed by atoms with Crippen LogP contribution >= 0.6 is 0 Å². The average molecular weight is 216 g/mol. The maximum Gasteiger partial charge on any atom is 0.266 e. The third-order valence-electron chi connectivity index (χ3n) is 1.03. The number of hydrogen-bond acceptors (Lipinski definition) is 3. The topological polar surface area (TPSA) is 83.5 Å². The van der Waals surface area contributed by atoms with Crippen LogP contribution < -0.4 is 5.32 Å². The number of carbonyl (C=O) groups is 1. The molecular formula is C6H11NNaO4S. The van der Waals surface area contributed by atoms with Crippen molar-refractivity contribution in [3.8, 4) is 0 Å². The van der Waals surface area contributed by atoms with Crippen molar-refractivity contribution in [1.29, 1.82) is 0 Å².